The zero-order chi connectivity index (χ0) is 14.5. The Kier molecular flexibility index (Phi) is 5.57. The highest BCUT2D eigenvalue weighted by molar-refractivity contribution is 9.10. The molecule has 1 atom stereocenters. The zero-order valence-corrected chi connectivity index (χ0v) is 14.3. The second kappa shape index (κ2) is 7.20. The topological polar surface area (TPSA) is 48.1 Å². The summed E-state index contributed by atoms with van der Waals surface area (Å²) in [6.07, 6.45) is 2.62. The minimum Gasteiger partial charge on any atom is -0.486 e. The highest BCUT2D eigenvalue weighted by Crippen LogP contribution is 2.27. The van der Waals surface area contributed by atoms with Crippen molar-refractivity contribution >= 4 is 31.9 Å². The van der Waals surface area contributed by atoms with E-state index in [9.17, 15) is 0 Å². The Morgan fingerprint density at radius 2 is 2.05 bits per heavy atom. The van der Waals surface area contributed by atoms with Crippen LogP contribution in [0, 0.1) is 0 Å². The van der Waals surface area contributed by atoms with E-state index < -0.39 is 0 Å². The lowest BCUT2D eigenvalue weighted by molar-refractivity contribution is 0.299. The summed E-state index contributed by atoms with van der Waals surface area (Å²) in [5.74, 6) is 0.808. The number of rotatable bonds is 5. The fourth-order valence-electron chi connectivity index (χ4n) is 1.80. The van der Waals surface area contributed by atoms with Crippen molar-refractivity contribution in [2.24, 2.45) is 5.73 Å². The molecule has 2 rings (SSSR count). The molecule has 1 aromatic heterocycles. The van der Waals surface area contributed by atoms with Crippen LogP contribution >= 0.6 is 31.9 Å². The van der Waals surface area contributed by atoms with Crippen LogP contribution in [-0.4, -0.2) is 11.0 Å². The van der Waals surface area contributed by atoms with Gasteiger partial charge in [0.15, 0.2) is 0 Å². The summed E-state index contributed by atoms with van der Waals surface area (Å²) in [5, 5.41) is 0. The van der Waals surface area contributed by atoms with Crippen LogP contribution in [0.3, 0.4) is 0 Å². The van der Waals surface area contributed by atoms with Crippen molar-refractivity contribution in [3.05, 3.63) is 56.7 Å². The van der Waals surface area contributed by atoms with Crippen LogP contribution < -0.4 is 10.5 Å². The van der Waals surface area contributed by atoms with Gasteiger partial charge in [-0.3, -0.25) is 4.98 Å². The van der Waals surface area contributed by atoms with Gasteiger partial charge in [-0.15, -0.1) is 0 Å². The van der Waals surface area contributed by atoms with Gasteiger partial charge in [0.1, 0.15) is 12.4 Å². The first-order valence-electron chi connectivity index (χ1n) is 6.32. The fourth-order valence-corrected chi connectivity index (χ4v) is 2.58. The molecule has 0 saturated carbocycles. The predicted octanol–water partition coefficient (Wildman–Crippen LogP) is 4.08. The smallest absolute Gasteiger partial charge is 0.134 e. The van der Waals surface area contributed by atoms with E-state index in [1.165, 1.54) is 5.56 Å². The number of pyridine rings is 1. The van der Waals surface area contributed by atoms with Gasteiger partial charge in [-0.25, -0.2) is 0 Å². The number of hydrogen-bond acceptors (Lipinski definition) is 3. The number of halogens is 2. The average molecular weight is 400 g/mol. The number of nitrogens with two attached hydrogens (primary N) is 1. The molecule has 0 radical (unpaired) electrons. The maximum absolute atomic E-state index is 5.80. The Labute approximate surface area is 135 Å². The third-order valence-electron chi connectivity index (χ3n) is 2.72. The summed E-state index contributed by atoms with van der Waals surface area (Å²) < 4.78 is 7.67. The number of nitrogens with zero attached hydrogens (tertiary/aromatic N) is 1. The summed E-state index contributed by atoms with van der Waals surface area (Å²) in [7, 11) is 0. The molecular formula is C15H16Br2N2O. The van der Waals surface area contributed by atoms with Gasteiger partial charge >= 0.3 is 0 Å². The second-order valence-corrected chi connectivity index (χ2v) is 6.47. The van der Waals surface area contributed by atoms with Gasteiger partial charge in [-0.2, -0.15) is 0 Å². The van der Waals surface area contributed by atoms with E-state index in [0.717, 1.165) is 26.8 Å². The molecule has 106 valence electrons. The van der Waals surface area contributed by atoms with E-state index in [1.54, 1.807) is 6.20 Å². The summed E-state index contributed by atoms with van der Waals surface area (Å²) in [6, 6.07) is 10.1. The molecule has 0 aliphatic carbocycles. The Bertz CT molecular complexity index is 571. The van der Waals surface area contributed by atoms with Crippen molar-refractivity contribution < 1.29 is 4.74 Å². The molecule has 0 spiro atoms. The lowest BCUT2D eigenvalue weighted by Crippen LogP contribution is -2.17. The molecular weight excluding hydrogens is 384 g/mol. The highest BCUT2D eigenvalue weighted by Gasteiger charge is 2.05. The fraction of sp³-hybridized carbons (Fsp3) is 0.267. The Hall–Kier alpha value is -0.910. The molecule has 2 aromatic rings. The molecule has 0 fully saturated rings. The van der Waals surface area contributed by atoms with Crippen molar-refractivity contribution in [2.45, 2.75) is 26.0 Å². The number of hydrogen-bond donors (Lipinski definition) is 1. The first-order valence-corrected chi connectivity index (χ1v) is 7.90. The van der Waals surface area contributed by atoms with Gasteiger partial charge in [0.2, 0.25) is 0 Å². The van der Waals surface area contributed by atoms with Crippen LogP contribution in [0.1, 0.15) is 18.2 Å². The maximum Gasteiger partial charge on any atom is 0.134 e. The largest absolute Gasteiger partial charge is 0.486 e. The Morgan fingerprint density at radius 1 is 1.25 bits per heavy atom. The Morgan fingerprint density at radius 3 is 2.65 bits per heavy atom. The first-order chi connectivity index (χ1) is 9.54. The van der Waals surface area contributed by atoms with Gasteiger partial charge in [0.25, 0.3) is 0 Å². The van der Waals surface area contributed by atoms with Gasteiger partial charge in [-0.1, -0.05) is 6.07 Å². The van der Waals surface area contributed by atoms with Gasteiger partial charge in [-0.05, 0) is 75.0 Å². The van der Waals surface area contributed by atoms with Gasteiger partial charge in [0, 0.05) is 16.7 Å². The molecule has 1 heterocycles. The molecule has 5 heteroatoms. The normalized spacial score (nSPS) is 12.2. The SMILES string of the molecule is CC(N)Cc1ccc(OCc2ccc(Br)cn2)c(Br)c1. The zero-order valence-electron chi connectivity index (χ0n) is 11.1. The van der Waals surface area contributed by atoms with Crippen LogP contribution in [0.25, 0.3) is 0 Å². The lowest BCUT2D eigenvalue weighted by Gasteiger charge is -2.10. The monoisotopic (exact) mass is 398 g/mol. The lowest BCUT2D eigenvalue weighted by atomic mass is 10.1. The summed E-state index contributed by atoms with van der Waals surface area (Å²) in [6.45, 7) is 2.44. The van der Waals surface area contributed by atoms with E-state index in [0.29, 0.717) is 6.61 Å². The number of aromatic nitrogens is 1. The molecule has 3 nitrogen and oxygen atoms in total. The van der Waals surface area contributed by atoms with Crippen LogP contribution in [0.4, 0.5) is 0 Å². The molecule has 2 N–H and O–H groups in total. The molecule has 1 aromatic carbocycles. The van der Waals surface area contributed by atoms with Crippen molar-refractivity contribution in [3.8, 4) is 5.75 Å². The number of benzene rings is 1. The summed E-state index contributed by atoms with van der Waals surface area (Å²) in [4.78, 5) is 4.28. The molecule has 0 saturated heterocycles. The minimum atomic E-state index is 0.153. The summed E-state index contributed by atoms with van der Waals surface area (Å²) in [5.41, 5.74) is 7.88. The van der Waals surface area contributed by atoms with Crippen LogP contribution in [0.2, 0.25) is 0 Å². The van der Waals surface area contributed by atoms with E-state index in [4.69, 9.17) is 10.5 Å². The standard InChI is InChI=1S/C15H16Br2N2O/c1-10(18)6-11-2-5-15(14(17)7-11)20-9-13-4-3-12(16)8-19-13/h2-5,7-8,10H,6,9,18H2,1H3. The van der Waals surface area contributed by atoms with Crippen molar-refractivity contribution in [1.29, 1.82) is 0 Å². The van der Waals surface area contributed by atoms with E-state index in [1.807, 2.05) is 37.3 Å². The third-order valence-corrected chi connectivity index (χ3v) is 3.81. The van der Waals surface area contributed by atoms with Crippen molar-refractivity contribution in [2.75, 3.05) is 0 Å². The van der Waals surface area contributed by atoms with Crippen LogP contribution in [0.5, 0.6) is 5.75 Å². The quantitative estimate of drug-likeness (QED) is 0.823. The maximum atomic E-state index is 5.80. The molecule has 0 amide bonds. The molecule has 0 bridgehead atoms. The van der Waals surface area contributed by atoms with Gasteiger partial charge in [0.05, 0.1) is 10.2 Å². The second-order valence-electron chi connectivity index (χ2n) is 4.70. The van der Waals surface area contributed by atoms with Crippen LogP contribution in [-0.2, 0) is 13.0 Å². The van der Waals surface area contributed by atoms with Gasteiger partial charge < -0.3 is 10.5 Å². The molecule has 0 aliphatic rings. The molecule has 1 unspecified atom stereocenters. The Balaban J connectivity index is 2.01. The van der Waals surface area contributed by atoms with Crippen molar-refractivity contribution in [1.82, 2.24) is 4.98 Å². The average Bonchev–Trinajstić information content (AvgIpc) is 2.39. The highest BCUT2D eigenvalue weighted by atomic mass is 79.9. The van der Waals surface area contributed by atoms with E-state index >= 15 is 0 Å². The van der Waals surface area contributed by atoms with E-state index in [-0.39, 0.29) is 6.04 Å². The number of ether oxygens (including phenoxy) is 1. The van der Waals surface area contributed by atoms with Crippen LogP contribution in [0.15, 0.2) is 45.5 Å². The van der Waals surface area contributed by atoms with E-state index in [2.05, 4.69) is 36.8 Å². The minimum absolute atomic E-state index is 0.153. The third kappa shape index (κ3) is 4.58. The first kappa shape index (κ1) is 15.5. The molecule has 0 aliphatic heterocycles. The summed E-state index contributed by atoms with van der Waals surface area (Å²) >= 11 is 6.89. The molecule has 20 heavy (non-hydrogen) atoms. The predicted molar refractivity (Wildman–Crippen MR) is 87.8 cm³/mol. The van der Waals surface area contributed by atoms with Crippen molar-refractivity contribution in [3.63, 3.8) is 0 Å².